The zero-order valence-electron chi connectivity index (χ0n) is 8.66. The summed E-state index contributed by atoms with van der Waals surface area (Å²) in [6.07, 6.45) is 6.66. The molecular formula is C10H14BrN3O. The van der Waals surface area contributed by atoms with E-state index in [2.05, 4.69) is 26.2 Å². The summed E-state index contributed by atoms with van der Waals surface area (Å²) >= 11 is 3.45. The standard InChI is InChI=1S/C10H14BrN3O/c1-14-5-8(12-7-14)9(15)13-10(6-11)3-2-4-10/h5,7H,2-4,6H2,1H3,(H,13,15). The van der Waals surface area contributed by atoms with Crippen LogP contribution in [0.2, 0.25) is 0 Å². The number of rotatable bonds is 3. The van der Waals surface area contributed by atoms with Gasteiger partial charge in [0, 0.05) is 18.6 Å². The third-order valence-electron chi connectivity index (χ3n) is 2.88. The van der Waals surface area contributed by atoms with Gasteiger partial charge >= 0.3 is 0 Å². The van der Waals surface area contributed by atoms with Crippen LogP contribution in [0.15, 0.2) is 12.5 Å². The van der Waals surface area contributed by atoms with Gasteiger partial charge in [-0.1, -0.05) is 15.9 Å². The van der Waals surface area contributed by atoms with E-state index in [1.807, 2.05) is 7.05 Å². The lowest BCUT2D eigenvalue weighted by molar-refractivity contribution is 0.0851. The van der Waals surface area contributed by atoms with E-state index in [4.69, 9.17) is 0 Å². The first-order valence-corrected chi connectivity index (χ1v) is 6.14. The summed E-state index contributed by atoms with van der Waals surface area (Å²) in [5.41, 5.74) is 0.457. The van der Waals surface area contributed by atoms with Crippen LogP contribution in [-0.4, -0.2) is 26.3 Å². The molecule has 1 N–H and O–H groups in total. The van der Waals surface area contributed by atoms with E-state index in [-0.39, 0.29) is 11.4 Å². The molecule has 1 aliphatic carbocycles. The Morgan fingerprint density at radius 2 is 2.47 bits per heavy atom. The summed E-state index contributed by atoms with van der Waals surface area (Å²) in [5, 5.41) is 3.87. The first kappa shape index (κ1) is 10.7. The molecule has 4 nitrogen and oxygen atoms in total. The van der Waals surface area contributed by atoms with Crippen LogP contribution in [0.4, 0.5) is 0 Å². The fourth-order valence-electron chi connectivity index (χ4n) is 1.73. The molecule has 2 rings (SSSR count). The minimum absolute atomic E-state index is 0.0331. The van der Waals surface area contributed by atoms with Crippen LogP contribution >= 0.6 is 15.9 Å². The number of nitrogens with one attached hydrogen (secondary N) is 1. The van der Waals surface area contributed by atoms with E-state index in [0.29, 0.717) is 5.69 Å². The normalized spacial score (nSPS) is 18.3. The maximum atomic E-state index is 11.8. The molecule has 1 fully saturated rings. The molecule has 0 atom stereocenters. The molecule has 1 saturated carbocycles. The van der Waals surface area contributed by atoms with Gasteiger partial charge in [-0.25, -0.2) is 4.98 Å². The second-order valence-corrected chi connectivity index (χ2v) is 4.71. The quantitative estimate of drug-likeness (QED) is 0.847. The number of aromatic nitrogens is 2. The number of imidazole rings is 1. The summed E-state index contributed by atoms with van der Waals surface area (Å²) in [5.74, 6) is -0.0743. The summed E-state index contributed by atoms with van der Waals surface area (Å²) in [6, 6.07) is 0. The molecule has 15 heavy (non-hydrogen) atoms. The van der Waals surface area contributed by atoms with Crippen molar-refractivity contribution >= 4 is 21.8 Å². The van der Waals surface area contributed by atoms with E-state index in [9.17, 15) is 4.79 Å². The van der Waals surface area contributed by atoms with Crippen molar-refractivity contribution < 1.29 is 4.79 Å². The lowest BCUT2D eigenvalue weighted by Crippen LogP contribution is -2.54. The minimum Gasteiger partial charge on any atom is -0.344 e. The molecule has 82 valence electrons. The predicted octanol–water partition coefficient (Wildman–Crippen LogP) is 1.47. The van der Waals surface area contributed by atoms with Gasteiger partial charge in [0.2, 0.25) is 0 Å². The Balaban J connectivity index is 2.03. The number of hydrogen-bond donors (Lipinski definition) is 1. The number of nitrogens with zero attached hydrogens (tertiary/aromatic N) is 2. The van der Waals surface area contributed by atoms with Crippen LogP contribution in [0.3, 0.4) is 0 Å². The molecule has 0 aliphatic heterocycles. The van der Waals surface area contributed by atoms with Crippen molar-refractivity contribution in [1.29, 1.82) is 0 Å². The van der Waals surface area contributed by atoms with E-state index >= 15 is 0 Å². The van der Waals surface area contributed by atoms with Gasteiger partial charge < -0.3 is 9.88 Å². The minimum atomic E-state index is -0.0743. The Morgan fingerprint density at radius 1 is 1.73 bits per heavy atom. The Morgan fingerprint density at radius 3 is 2.87 bits per heavy atom. The van der Waals surface area contributed by atoms with E-state index in [1.54, 1.807) is 17.1 Å². The SMILES string of the molecule is Cn1cnc(C(=O)NC2(CBr)CCC2)c1. The number of carbonyl (C=O) groups excluding carboxylic acids is 1. The highest BCUT2D eigenvalue weighted by atomic mass is 79.9. The average Bonchev–Trinajstić information content (AvgIpc) is 2.58. The third kappa shape index (κ3) is 2.07. The lowest BCUT2D eigenvalue weighted by Gasteiger charge is -2.40. The van der Waals surface area contributed by atoms with Gasteiger partial charge in [0.1, 0.15) is 5.69 Å². The molecule has 0 unspecified atom stereocenters. The van der Waals surface area contributed by atoms with Crippen molar-refractivity contribution in [2.75, 3.05) is 5.33 Å². The Hall–Kier alpha value is -0.840. The topological polar surface area (TPSA) is 46.9 Å². The molecular weight excluding hydrogens is 258 g/mol. The van der Waals surface area contributed by atoms with Crippen LogP contribution < -0.4 is 5.32 Å². The van der Waals surface area contributed by atoms with Gasteiger partial charge in [-0.3, -0.25) is 4.79 Å². The second-order valence-electron chi connectivity index (χ2n) is 4.15. The average molecular weight is 272 g/mol. The first-order valence-electron chi connectivity index (χ1n) is 5.02. The number of amides is 1. The Labute approximate surface area is 97.2 Å². The molecule has 0 bridgehead atoms. The molecule has 5 heteroatoms. The fraction of sp³-hybridized carbons (Fsp3) is 0.600. The smallest absolute Gasteiger partial charge is 0.271 e. The Kier molecular flexibility index (Phi) is 2.82. The van der Waals surface area contributed by atoms with Gasteiger partial charge in [0.15, 0.2) is 0 Å². The zero-order chi connectivity index (χ0) is 10.9. The van der Waals surface area contributed by atoms with Crippen LogP contribution in [0.25, 0.3) is 0 Å². The summed E-state index contributed by atoms with van der Waals surface area (Å²) < 4.78 is 1.77. The zero-order valence-corrected chi connectivity index (χ0v) is 10.2. The van der Waals surface area contributed by atoms with Crippen molar-refractivity contribution in [2.45, 2.75) is 24.8 Å². The molecule has 0 radical (unpaired) electrons. The molecule has 1 amide bonds. The molecule has 1 aliphatic rings. The third-order valence-corrected chi connectivity index (χ3v) is 3.96. The van der Waals surface area contributed by atoms with E-state index < -0.39 is 0 Å². The van der Waals surface area contributed by atoms with Crippen LogP contribution in [0.1, 0.15) is 29.8 Å². The molecule has 0 aromatic carbocycles. The first-order chi connectivity index (χ1) is 7.15. The number of halogens is 1. The summed E-state index contributed by atoms with van der Waals surface area (Å²) in [7, 11) is 1.85. The predicted molar refractivity (Wildman–Crippen MR) is 61.1 cm³/mol. The molecule has 1 heterocycles. The highest BCUT2D eigenvalue weighted by Crippen LogP contribution is 2.33. The van der Waals surface area contributed by atoms with E-state index in [0.717, 1.165) is 18.2 Å². The number of carbonyl (C=O) groups is 1. The number of alkyl halides is 1. The van der Waals surface area contributed by atoms with Crippen LogP contribution in [0.5, 0.6) is 0 Å². The molecule has 1 aromatic rings. The number of aryl methyl sites for hydroxylation is 1. The highest BCUT2D eigenvalue weighted by molar-refractivity contribution is 9.09. The van der Waals surface area contributed by atoms with Crippen molar-refractivity contribution in [3.05, 3.63) is 18.2 Å². The van der Waals surface area contributed by atoms with Gasteiger partial charge in [0.25, 0.3) is 5.91 Å². The monoisotopic (exact) mass is 271 g/mol. The van der Waals surface area contributed by atoms with Crippen LogP contribution in [0, 0.1) is 0 Å². The van der Waals surface area contributed by atoms with Crippen LogP contribution in [-0.2, 0) is 7.05 Å². The molecule has 1 aromatic heterocycles. The lowest BCUT2D eigenvalue weighted by atomic mass is 9.78. The van der Waals surface area contributed by atoms with Gasteiger partial charge in [-0.05, 0) is 19.3 Å². The number of hydrogen-bond acceptors (Lipinski definition) is 2. The van der Waals surface area contributed by atoms with Crippen molar-refractivity contribution in [2.24, 2.45) is 7.05 Å². The Bertz CT molecular complexity index is 365. The van der Waals surface area contributed by atoms with Gasteiger partial charge in [-0.15, -0.1) is 0 Å². The largest absolute Gasteiger partial charge is 0.344 e. The fourth-order valence-corrected chi connectivity index (χ4v) is 2.43. The highest BCUT2D eigenvalue weighted by Gasteiger charge is 2.37. The molecule has 0 saturated heterocycles. The van der Waals surface area contributed by atoms with Crippen molar-refractivity contribution in [3.63, 3.8) is 0 Å². The van der Waals surface area contributed by atoms with Crippen molar-refractivity contribution in [1.82, 2.24) is 14.9 Å². The van der Waals surface area contributed by atoms with Gasteiger partial charge in [0.05, 0.1) is 11.9 Å². The summed E-state index contributed by atoms with van der Waals surface area (Å²) in [4.78, 5) is 15.8. The van der Waals surface area contributed by atoms with Gasteiger partial charge in [-0.2, -0.15) is 0 Å². The maximum Gasteiger partial charge on any atom is 0.271 e. The molecule has 0 spiro atoms. The van der Waals surface area contributed by atoms with Crippen molar-refractivity contribution in [3.8, 4) is 0 Å². The summed E-state index contributed by atoms with van der Waals surface area (Å²) in [6.45, 7) is 0. The van der Waals surface area contributed by atoms with E-state index in [1.165, 1.54) is 6.42 Å². The second kappa shape index (κ2) is 3.96. The maximum absolute atomic E-state index is 11.8.